The van der Waals surface area contributed by atoms with Crippen LogP contribution in [0, 0.1) is 0 Å². The van der Waals surface area contributed by atoms with E-state index in [1.807, 2.05) is 62.4 Å². The number of fused-ring (bicyclic) bond motifs is 2. The molecule has 28 heavy (non-hydrogen) atoms. The molecule has 2 heterocycles. The molecule has 0 unspecified atom stereocenters. The Morgan fingerprint density at radius 1 is 1.21 bits per heavy atom. The van der Waals surface area contributed by atoms with Crippen molar-refractivity contribution in [3.8, 4) is 0 Å². The van der Waals surface area contributed by atoms with Crippen LogP contribution in [-0.2, 0) is 11.3 Å². The van der Waals surface area contributed by atoms with Crippen LogP contribution in [0.2, 0.25) is 0 Å². The Labute approximate surface area is 167 Å². The number of rotatable bonds is 6. The van der Waals surface area contributed by atoms with Gasteiger partial charge in [0.05, 0.1) is 22.9 Å². The molecule has 0 aliphatic heterocycles. The Morgan fingerprint density at radius 3 is 2.75 bits per heavy atom. The minimum absolute atomic E-state index is 0.168. The number of amides is 1. The second-order valence-electron chi connectivity index (χ2n) is 6.65. The van der Waals surface area contributed by atoms with E-state index in [1.165, 1.54) is 0 Å². The van der Waals surface area contributed by atoms with Crippen molar-refractivity contribution in [3.05, 3.63) is 64.9 Å². The van der Waals surface area contributed by atoms with E-state index in [4.69, 9.17) is 14.1 Å². The van der Waals surface area contributed by atoms with Crippen LogP contribution < -0.4 is 0 Å². The van der Waals surface area contributed by atoms with Crippen molar-refractivity contribution < 1.29 is 13.9 Å². The number of carbonyl (C=O) groups excluding carboxylic acids is 1. The first kappa shape index (κ1) is 18.7. The van der Waals surface area contributed by atoms with Crippen molar-refractivity contribution in [3.63, 3.8) is 0 Å². The van der Waals surface area contributed by atoms with E-state index in [9.17, 15) is 4.79 Å². The van der Waals surface area contributed by atoms with Gasteiger partial charge in [-0.15, -0.1) is 11.3 Å². The second kappa shape index (κ2) is 7.73. The molecule has 2 aromatic heterocycles. The van der Waals surface area contributed by atoms with E-state index in [0.29, 0.717) is 24.6 Å². The van der Waals surface area contributed by atoms with Gasteiger partial charge in [0.25, 0.3) is 5.91 Å². The SMILES string of the molecule is CCOCc1c(C(=O)N(C)[C@H](C)c2nc3ccccc3s2)oc2ccccc12. The van der Waals surface area contributed by atoms with Gasteiger partial charge in [-0.2, -0.15) is 0 Å². The van der Waals surface area contributed by atoms with Gasteiger partial charge in [-0.3, -0.25) is 4.79 Å². The molecule has 0 saturated carbocycles. The molecule has 0 aliphatic carbocycles. The number of hydrogen-bond acceptors (Lipinski definition) is 5. The van der Waals surface area contributed by atoms with E-state index >= 15 is 0 Å². The normalized spacial score (nSPS) is 12.5. The van der Waals surface area contributed by atoms with Gasteiger partial charge < -0.3 is 14.1 Å². The minimum Gasteiger partial charge on any atom is -0.451 e. The van der Waals surface area contributed by atoms with E-state index in [0.717, 1.165) is 26.2 Å². The van der Waals surface area contributed by atoms with Crippen LogP contribution in [0.4, 0.5) is 0 Å². The van der Waals surface area contributed by atoms with Gasteiger partial charge in [-0.05, 0) is 32.0 Å². The van der Waals surface area contributed by atoms with Crippen LogP contribution in [0.25, 0.3) is 21.2 Å². The van der Waals surface area contributed by atoms with Gasteiger partial charge >= 0.3 is 0 Å². The van der Waals surface area contributed by atoms with Crippen LogP contribution in [0.5, 0.6) is 0 Å². The average molecular weight is 394 g/mol. The van der Waals surface area contributed by atoms with Gasteiger partial charge in [-0.1, -0.05) is 30.3 Å². The summed E-state index contributed by atoms with van der Waals surface area (Å²) in [5, 5.41) is 1.82. The summed E-state index contributed by atoms with van der Waals surface area (Å²) in [4.78, 5) is 19.7. The molecule has 0 bridgehead atoms. The smallest absolute Gasteiger partial charge is 0.290 e. The van der Waals surface area contributed by atoms with Crippen molar-refractivity contribution in [1.29, 1.82) is 0 Å². The largest absolute Gasteiger partial charge is 0.451 e. The van der Waals surface area contributed by atoms with Crippen LogP contribution in [0.3, 0.4) is 0 Å². The second-order valence-corrected chi connectivity index (χ2v) is 7.72. The molecule has 4 aromatic rings. The maximum absolute atomic E-state index is 13.3. The van der Waals surface area contributed by atoms with Gasteiger partial charge in [0, 0.05) is 24.6 Å². The molecular formula is C22H22N2O3S. The standard InChI is InChI=1S/C22H22N2O3S/c1-4-26-13-16-15-9-5-7-11-18(15)27-20(16)22(25)24(3)14(2)21-23-17-10-6-8-12-19(17)28-21/h5-12,14H,4,13H2,1-3H3/t14-/m1/s1. The number of thiazole rings is 1. The number of benzene rings is 2. The topological polar surface area (TPSA) is 55.6 Å². The van der Waals surface area contributed by atoms with Crippen molar-refractivity contribution in [2.24, 2.45) is 0 Å². The third-order valence-corrected chi connectivity index (χ3v) is 6.12. The van der Waals surface area contributed by atoms with Gasteiger partial charge in [0.1, 0.15) is 10.6 Å². The maximum Gasteiger partial charge on any atom is 0.290 e. The third kappa shape index (κ3) is 3.30. The number of aromatic nitrogens is 1. The summed E-state index contributed by atoms with van der Waals surface area (Å²) in [5.41, 5.74) is 2.45. The van der Waals surface area contributed by atoms with Crippen molar-refractivity contribution in [2.45, 2.75) is 26.5 Å². The Bertz CT molecular complexity index is 1100. The molecule has 0 N–H and O–H groups in total. The highest BCUT2D eigenvalue weighted by molar-refractivity contribution is 7.18. The summed E-state index contributed by atoms with van der Waals surface area (Å²) >= 11 is 1.61. The van der Waals surface area contributed by atoms with Gasteiger partial charge in [0.15, 0.2) is 5.76 Å². The van der Waals surface area contributed by atoms with Crippen LogP contribution in [0.15, 0.2) is 52.9 Å². The number of furan rings is 1. The average Bonchev–Trinajstić information content (AvgIpc) is 3.32. The van der Waals surface area contributed by atoms with Crippen LogP contribution >= 0.6 is 11.3 Å². The van der Waals surface area contributed by atoms with Crippen molar-refractivity contribution >= 4 is 38.4 Å². The first-order chi connectivity index (χ1) is 13.6. The predicted molar refractivity (Wildman–Crippen MR) is 112 cm³/mol. The van der Waals surface area contributed by atoms with Crippen LogP contribution in [-0.4, -0.2) is 29.4 Å². The number of nitrogens with zero attached hydrogens (tertiary/aromatic N) is 2. The molecule has 1 atom stereocenters. The lowest BCUT2D eigenvalue weighted by atomic mass is 10.1. The fourth-order valence-corrected chi connectivity index (χ4v) is 4.25. The lowest BCUT2D eigenvalue weighted by molar-refractivity contribution is 0.0702. The van der Waals surface area contributed by atoms with Crippen molar-refractivity contribution in [1.82, 2.24) is 9.88 Å². The van der Waals surface area contributed by atoms with Crippen molar-refractivity contribution in [2.75, 3.05) is 13.7 Å². The first-order valence-corrected chi connectivity index (χ1v) is 10.1. The lowest BCUT2D eigenvalue weighted by Crippen LogP contribution is -2.30. The Balaban J connectivity index is 1.67. The quantitative estimate of drug-likeness (QED) is 0.439. The summed E-state index contributed by atoms with van der Waals surface area (Å²) in [6.45, 7) is 4.84. The maximum atomic E-state index is 13.3. The van der Waals surface area contributed by atoms with Gasteiger partial charge in [-0.25, -0.2) is 4.98 Å². The molecule has 0 fully saturated rings. The highest BCUT2D eigenvalue weighted by atomic mass is 32.1. The van der Waals surface area contributed by atoms with E-state index in [-0.39, 0.29) is 11.9 Å². The third-order valence-electron chi connectivity index (χ3n) is 4.91. The number of hydrogen-bond donors (Lipinski definition) is 0. The number of para-hydroxylation sites is 2. The zero-order chi connectivity index (χ0) is 19.7. The summed E-state index contributed by atoms with van der Waals surface area (Å²) in [7, 11) is 1.79. The molecule has 0 aliphatic rings. The number of carbonyl (C=O) groups is 1. The fraction of sp³-hybridized carbons (Fsp3) is 0.273. The highest BCUT2D eigenvalue weighted by Gasteiger charge is 2.27. The Morgan fingerprint density at radius 2 is 1.96 bits per heavy atom. The molecule has 2 aromatic carbocycles. The van der Waals surface area contributed by atoms with E-state index in [1.54, 1.807) is 23.3 Å². The molecular weight excluding hydrogens is 372 g/mol. The predicted octanol–water partition coefficient (Wildman–Crippen LogP) is 5.41. The molecule has 5 nitrogen and oxygen atoms in total. The molecule has 0 saturated heterocycles. The monoisotopic (exact) mass is 394 g/mol. The molecule has 144 valence electrons. The summed E-state index contributed by atoms with van der Waals surface area (Å²) in [5.74, 6) is 0.169. The molecule has 0 radical (unpaired) electrons. The number of ether oxygens (including phenoxy) is 1. The molecule has 1 amide bonds. The first-order valence-electron chi connectivity index (χ1n) is 9.31. The Kier molecular flexibility index (Phi) is 5.15. The Hall–Kier alpha value is -2.70. The minimum atomic E-state index is -0.169. The highest BCUT2D eigenvalue weighted by Crippen LogP contribution is 2.32. The fourth-order valence-electron chi connectivity index (χ4n) is 3.19. The summed E-state index contributed by atoms with van der Waals surface area (Å²) in [6.07, 6.45) is 0. The molecule has 0 spiro atoms. The summed E-state index contributed by atoms with van der Waals surface area (Å²) in [6, 6.07) is 15.5. The molecule has 6 heteroatoms. The zero-order valence-corrected chi connectivity index (χ0v) is 17.0. The molecule has 4 rings (SSSR count). The lowest BCUT2D eigenvalue weighted by Gasteiger charge is -2.22. The zero-order valence-electron chi connectivity index (χ0n) is 16.1. The van der Waals surface area contributed by atoms with Gasteiger partial charge in [0.2, 0.25) is 0 Å². The van der Waals surface area contributed by atoms with E-state index < -0.39 is 0 Å². The van der Waals surface area contributed by atoms with Crippen LogP contribution in [0.1, 0.15) is 41.0 Å². The summed E-state index contributed by atoms with van der Waals surface area (Å²) < 4.78 is 12.7. The van der Waals surface area contributed by atoms with E-state index in [2.05, 4.69) is 0 Å².